The number of sulfonamides is 1. The lowest BCUT2D eigenvalue weighted by Gasteiger charge is -2.30. The van der Waals surface area contributed by atoms with Gasteiger partial charge in [-0.15, -0.1) is 0 Å². The molecular weight excluding hydrogens is 380 g/mol. The summed E-state index contributed by atoms with van der Waals surface area (Å²) in [5, 5.41) is 11.9. The highest BCUT2D eigenvalue weighted by Crippen LogP contribution is 2.24. The predicted octanol–water partition coefficient (Wildman–Crippen LogP) is 0.961. The van der Waals surface area contributed by atoms with E-state index in [0.717, 1.165) is 0 Å². The van der Waals surface area contributed by atoms with Gasteiger partial charge in [0.2, 0.25) is 15.9 Å². The van der Waals surface area contributed by atoms with Crippen LogP contribution in [0.3, 0.4) is 0 Å². The second kappa shape index (κ2) is 8.29. The largest absolute Gasteiger partial charge is 0.348 e. The Bertz CT molecular complexity index is 901. The Morgan fingerprint density at radius 1 is 1.25 bits per heavy atom. The summed E-state index contributed by atoms with van der Waals surface area (Å²) in [5.74, 6) is -0.407. The minimum atomic E-state index is -3.71. The normalized spacial score (nSPS) is 21.9. The van der Waals surface area contributed by atoms with Crippen molar-refractivity contribution >= 4 is 21.8 Å². The zero-order chi connectivity index (χ0) is 20.3. The first-order valence-electron chi connectivity index (χ1n) is 9.36. The molecule has 0 aromatic heterocycles. The Hall–Kier alpha value is -2.44. The van der Waals surface area contributed by atoms with Crippen molar-refractivity contribution in [1.29, 1.82) is 5.26 Å². The number of likely N-dealkylation sites (N-methyl/N-ethyl adjacent to an activating group) is 1. The van der Waals surface area contributed by atoms with E-state index in [9.17, 15) is 18.0 Å². The van der Waals surface area contributed by atoms with Crippen LogP contribution in [-0.4, -0.2) is 62.2 Å². The van der Waals surface area contributed by atoms with Crippen LogP contribution in [0.4, 0.5) is 0 Å². The summed E-state index contributed by atoms with van der Waals surface area (Å²) in [6.45, 7) is 1.05. The Morgan fingerprint density at radius 3 is 2.61 bits per heavy atom. The standard InChI is InChI=1S/C19H24N4O4S/c1-22-13-16(5-6-18(22)24)21-19(25)15-3-2-4-17(11-15)28(26,27)23-9-7-14(12-20)8-10-23/h2-4,11,14,16H,5-10,13H2,1H3,(H,21,25)/t16-/m0/s1. The molecule has 0 spiro atoms. The summed E-state index contributed by atoms with van der Waals surface area (Å²) in [6, 6.07) is 8.04. The minimum absolute atomic E-state index is 0.0544. The molecule has 0 unspecified atom stereocenters. The molecule has 3 rings (SSSR count). The third-order valence-electron chi connectivity index (χ3n) is 5.33. The predicted molar refractivity (Wildman–Crippen MR) is 102 cm³/mol. The molecule has 2 aliphatic heterocycles. The number of amides is 2. The Kier molecular flexibility index (Phi) is 6.01. The number of carbonyl (C=O) groups is 2. The van der Waals surface area contributed by atoms with E-state index in [4.69, 9.17) is 5.26 Å². The molecule has 1 atom stereocenters. The first-order chi connectivity index (χ1) is 13.3. The van der Waals surface area contributed by atoms with Crippen molar-refractivity contribution in [3.8, 4) is 6.07 Å². The third kappa shape index (κ3) is 4.34. The van der Waals surface area contributed by atoms with Crippen LogP contribution >= 0.6 is 0 Å². The van der Waals surface area contributed by atoms with Gasteiger partial charge in [-0.25, -0.2) is 8.42 Å². The lowest BCUT2D eigenvalue weighted by molar-refractivity contribution is -0.132. The topological polar surface area (TPSA) is 111 Å². The van der Waals surface area contributed by atoms with E-state index >= 15 is 0 Å². The van der Waals surface area contributed by atoms with Crippen LogP contribution in [0.15, 0.2) is 29.2 Å². The monoisotopic (exact) mass is 404 g/mol. The second-order valence-corrected chi connectivity index (χ2v) is 9.26. The van der Waals surface area contributed by atoms with Crippen LogP contribution in [0.25, 0.3) is 0 Å². The first kappa shape index (κ1) is 20.3. The van der Waals surface area contributed by atoms with E-state index in [1.54, 1.807) is 24.1 Å². The van der Waals surface area contributed by atoms with E-state index in [0.29, 0.717) is 45.3 Å². The van der Waals surface area contributed by atoms with E-state index in [2.05, 4.69) is 11.4 Å². The lowest BCUT2D eigenvalue weighted by Crippen LogP contribution is -2.48. The molecule has 0 radical (unpaired) electrons. The number of rotatable bonds is 4. The fourth-order valence-corrected chi connectivity index (χ4v) is 5.09. The van der Waals surface area contributed by atoms with Crippen LogP contribution in [0, 0.1) is 17.2 Å². The van der Waals surface area contributed by atoms with Gasteiger partial charge < -0.3 is 10.2 Å². The molecule has 1 aromatic carbocycles. The molecule has 2 heterocycles. The van der Waals surface area contributed by atoms with Gasteiger partial charge >= 0.3 is 0 Å². The van der Waals surface area contributed by atoms with Crippen molar-refractivity contribution in [3.05, 3.63) is 29.8 Å². The van der Waals surface area contributed by atoms with Crippen molar-refractivity contribution in [2.24, 2.45) is 5.92 Å². The number of benzene rings is 1. The van der Waals surface area contributed by atoms with E-state index in [1.165, 1.54) is 16.4 Å². The molecule has 9 heteroatoms. The van der Waals surface area contributed by atoms with Crippen molar-refractivity contribution < 1.29 is 18.0 Å². The Balaban J connectivity index is 1.70. The molecule has 2 amide bonds. The Morgan fingerprint density at radius 2 is 1.96 bits per heavy atom. The molecular formula is C19H24N4O4S. The van der Waals surface area contributed by atoms with Crippen molar-refractivity contribution in [2.75, 3.05) is 26.7 Å². The number of hydrogen-bond donors (Lipinski definition) is 1. The SMILES string of the molecule is CN1C[C@@H](NC(=O)c2cccc(S(=O)(=O)N3CCC(C#N)CC3)c2)CCC1=O. The highest BCUT2D eigenvalue weighted by molar-refractivity contribution is 7.89. The summed E-state index contributed by atoms with van der Waals surface area (Å²) in [6.07, 6.45) is 1.99. The van der Waals surface area contributed by atoms with E-state index < -0.39 is 10.0 Å². The first-order valence-corrected chi connectivity index (χ1v) is 10.8. The molecule has 28 heavy (non-hydrogen) atoms. The lowest BCUT2D eigenvalue weighted by atomic mass is 10.0. The molecule has 2 aliphatic rings. The summed E-state index contributed by atoms with van der Waals surface area (Å²) in [5.41, 5.74) is 0.271. The quantitative estimate of drug-likeness (QED) is 0.804. The highest BCUT2D eigenvalue weighted by atomic mass is 32.2. The van der Waals surface area contributed by atoms with Gasteiger partial charge in [-0.2, -0.15) is 9.57 Å². The van der Waals surface area contributed by atoms with E-state index in [1.807, 2.05) is 0 Å². The van der Waals surface area contributed by atoms with Gasteiger partial charge in [-0.1, -0.05) is 6.07 Å². The third-order valence-corrected chi connectivity index (χ3v) is 7.23. The van der Waals surface area contributed by atoms with Gasteiger partial charge in [0.15, 0.2) is 0 Å². The number of nitriles is 1. The molecule has 150 valence electrons. The Labute approximate surface area is 165 Å². The number of likely N-dealkylation sites (tertiary alicyclic amines) is 1. The van der Waals surface area contributed by atoms with Crippen LogP contribution in [0.2, 0.25) is 0 Å². The van der Waals surface area contributed by atoms with Crippen LogP contribution < -0.4 is 5.32 Å². The van der Waals surface area contributed by atoms with Crippen molar-refractivity contribution in [3.63, 3.8) is 0 Å². The average Bonchev–Trinajstić information content (AvgIpc) is 2.71. The van der Waals surface area contributed by atoms with Gasteiger partial charge in [0, 0.05) is 50.6 Å². The zero-order valence-electron chi connectivity index (χ0n) is 15.8. The van der Waals surface area contributed by atoms with Crippen LogP contribution in [-0.2, 0) is 14.8 Å². The van der Waals surface area contributed by atoms with Gasteiger partial charge in [0.1, 0.15) is 0 Å². The fourth-order valence-electron chi connectivity index (χ4n) is 3.57. The van der Waals surface area contributed by atoms with Gasteiger partial charge in [-0.05, 0) is 37.5 Å². The molecule has 0 aliphatic carbocycles. The maximum absolute atomic E-state index is 12.9. The maximum Gasteiger partial charge on any atom is 0.251 e. The smallest absolute Gasteiger partial charge is 0.251 e. The second-order valence-electron chi connectivity index (χ2n) is 7.32. The van der Waals surface area contributed by atoms with Crippen LogP contribution in [0.1, 0.15) is 36.0 Å². The molecule has 0 bridgehead atoms. The molecule has 0 saturated carbocycles. The van der Waals surface area contributed by atoms with Gasteiger partial charge in [0.05, 0.1) is 11.0 Å². The molecule has 2 fully saturated rings. The number of nitrogens with one attached hydrogen (secondary N) is 1. The summed E-state index contributed by atoms with van der Waals surface area (Å²) < 4.78 is 27.2. The van der Waals surface area contributed by atoms with E-state index in [-0.39, 0.29) is 34.2 Å². The van der Waals surface area contributed by atoms with Gasteiger partial charge in [-0.3, -0.25) is 9.59 Å². The van der Waals surface area contributed by atoms with Crippen molar-refractivity contribution in [1.82, 2.24) is 14.5 Å². The zero-order valence-corrected chi connectivity index (χ0v) is 16.6. The number of nitrogens with zero attached hydrogens (tertiary/aromatic N) is 3. The average molecular weight is 404 g/mol. The number of carbonyl (C=O) groups excluding carboxylic acids is 2. The molecule has 8 nitrogen and oxygen atoms in total. The molecule has 1 aromatic rings. The van der Waals surface area contributed by atoms with Crippen molar-refractivity contribution in [2.45, 2.75) is 36.6 Å². The van der Waals surface area contributed by atoms with Crippen LogP contribution in [0.5, 0.6) is 0 Å². The number of hydrogen-bond acceptors (Lipinski definition) is 5. The van der Waals surface area contributed by atoms with Gasteiger partial charge in [0.25, 0.3) is 5.91 Å². The fraction of sp³-hybridized carbons (Fsp3) is 0.526. The molecule has 2 saturated heterocycles. The summed E-state index contributed by atoms with van der Waals surface area (Å²) >= 11 is 0. The summed E-state index contributed by atoms with van der Waals surface area (Å²) in [4.78, 5) is 25.8. The number of piperidine rings is 2. The maximum atomic E-state index is 12.9. The summed E-state index contributed by atoms with van der Waals surface area (Å²) in [7, 11) is -2.01. The highest BCUT2D eigenvalue weighted by Gasteiger charge is 2.30. The molecule has 1 N–H and O–H groups in total. The minimum Gasteiger partial charge on any atom is -0.348 e.